The van der Waals surface area contributed by atoms with Crippen LogP contribution in [-0.4, -0.2) is 24.3 Å². The van der Waals surface area contributed by atoms with Gasteiger partial charge in [-0.2, -0.15) is 0 Å². The first-order valence-corrected chi connectivity index (χ1v) is 8.74. The molecule has 0 atom stereocenters. The molecule has 0 aliphatic carbocycles. The van der Waals surface area contributed by atoms with Crippen LogP contribution in [-0.2, 0) is 14.3 Å². The minimum absolute atomic E-state index is 0.0969. The van der Waals surface area contributed by atoms with Crippen molar-refractivity contribution in [2.45, 2.75) is 12.8 Å². The van der Waals surface area contributed by atoms with Gasteiger partial charge in [0, 0.05) is 17.7 Å². The summed E-state index contributed by atoms with van der Waals surface area (Å²) in [5.74, 6) is -1.75. The summed E-state index contributed by atoms with van der Waals surface area (Å²) >= 11 is 0. The second kappa shape index (κ2) is 8.90. The molecular formula is C22H18FNO4. The average Bonchev–Trinajstić information content (AvgIpc) is 2.71. The van der Waals surface area contributed by atoms with Crippen molar-refractivity contribution in [2.24, 2.45) is 0 Å². The summed E-state index contributed by atoms with van der Waals surface area (Å²) in [6.07, 6.45) is -0.252. The molecule has 1 amide bonds. The summed E-state index contributed by atoms with van der Waals surface area (Å²) in [6, 6.07) is 18.2. The van der Waals surface area contributed by atoms with Crippen LogP contribution in [0.1, 0.15) is 23.2 Å². The molecule has 0 saturated heterocycles. The van der Waals surface area contributed by atoms with Gasteiger partial charge in [-0.15, -0.1) is 0 Å². The lowest BCUT2D eigenvalue weighted by Gasteiger charge is -2.07. The molecule has 0 bridgehead atoms. The van der Waals surface area contributed by atoms with Crippen LogP contribution in [0.2, 0.25) is 0 Å². The van der Waals surface area contributed by atoms with E-state index in [1.807, 2.05) is 30.3 Å². The Bertz CT molecular complexity index is 1010. The van der Waals surface area contributed by atoms with E-state index in [2.05, 4.69) is 5.32 Å². The lowest BCUT2D eigenvalue weighted by molar-refractivity contribution is -0.143. The van der Waals surface area contributed by atoms with Gasteiger partial charge in [0.15, 0.2) is 12.4 Å². The summed E-state index contributed by atoms with van der Waals surface area (Å²) < 4.78 is 17.8. The Labute approximate surface area is 161 Å². The lowest BCUT2D eigenvalue weighted by atomic mass is 10.0. The van der Waals surface area contributed by atoms with Gasteiger partial charge in [0.2, 0.25) is 5.91 Å². The molecule has 142 valence electrons. The molecule has 5 nitrogen and oxygen atoms in total. The first-order valence-electron chi connectivity index (χ1n) is 8.74. The molecule has 0 aliphatic rings. The van der Waals surface area contributed by atoms with Gasteiger partial charge in [0.05, 0.1) is 6.42 Å². The molecular weight excluding hydrogens is 361 g/mol. The van der Waals surface area contributed by atoms with Crippen molar-refractivity contribution >= 4 is 34.1 Å². The van der Waals surface area contributed by atoms with E-state index in [-0.39, 0.29) is 25.2 Å². The van der Waals surface area contributed by atoms with Crippen molar-refractivity contribution in [2.75, 3.05) is 11.9 Å². The van der Waals surface area contributed by atoms with E-state index < -0.39 is 17.7 Å². The number of amides is 1. The average molecular weight is 379 g/mol. The van der Waals surface area contributed by atoms with Crippen LogP contribution in [0.15, 0.2) is 66.7 Å². The predicted molar refractivity (Wildman–Crippen MR) is 104 cm³/mol. The SMILES string of the molecule is O=C(CCC(=O)OCC(=O)c1ccc2ccccc2c1)Nc1ccc(F)cc1. The summed E-state index contributed by atoms with van der Waals surface area (Å²) in [6.45, 7) is -0.378. The summed E-state index contributed by atoms with van der Waals surface area (Å²) in [7, 11) is 0. The zero-order chi connectivity index (χ0) is 19.9. The topological polar surface area (TPSA) is 72.5 Å². The van der Waals surface area contributed by atoms with Crippen molar-refractivity contribution in [3.8, 4) is 0 Å². The van der Waals surface area contributed by atoms with E-state index >= 15 is 0 Å². The van der Waals surface area contributed by atoms with Crippen molar-refractivity contribution in [3.63, 3.8) is 0 Å². The second-order valence-corrected chi connectivity index (χ2v) is 6.20. The van der Waals surface area contributed by atoms with Crippen LogP contribution in [0.25, 0.3) is 10.8 Å². The number of Topliss-reactive ketones (excluding diaryl/α,β-unsaturated/α-hetero) is 1. The maximum atomic E-state index is 12.8. The van der Waals surface area contributed by atoms with Gasteiger partial charge in [0.25, 0.3) is 0 Å². The molecule has 0 saturated carbocycles. The van der Waals surface area contributed by atoms with Gasteiger partial charge < -0.3 is 10.1 Å². The number of rotatable bonds is 7. The van der Waals surface area contributed by atoms with Crippen LogP contribution in [0.4, 0.5) is 10.1 Å². The molecule has 28 heavy (non-hydrogen) atoms. The number of nitrogens with one attached hydrogen (secondary N) is 1. The smallest absolute Gasteiger partial charge is 0.306 e. The molecule has 0 radical (unpaired) electrons. The standard InChI is InChI=1S/C22H18FNO4/c23-18-7-9-19(10-8-18)24-21(26)11-12-22(27)28-14-20(25)17-6-5-15-3-1-2-4-16(15)13-17/h1-10,13H,11-12,14H2,(H,24,26). The van der Waals surface area contributed by atoms with E-state index in [9.17, 15) is 18.8 Å². The predicted octanol–water partition coefficient (Wildman–Crippen LogP) is 4.12. The van der Waals surface area contributed by atoms with Crippen molar-refractivity contribution in [1.29, 1.82) is 0 Å². The van der Waals surface area contributed by atoms with Gasteiger partial charge in [-0.1, -0.05) is 36.4 Å². The number of halogens is 1. The Morgan fingerprint density at radius 2 is 1.57 bits per heavy atom. The van der Waals surface area contributed by atoms with Crippen molar-refractivity contribution in [1.82, 2.24) is 0 Å². The quantitative estimate of drug-likeness (QED) is 0.495. The molecule has 0 fully saturated rings. The fraction of sp³-hybridized carbons (Fsp3) is 0.136. The Morgan fingerprint density at radius 1 is 0.857 bits per heavy atom. The number of anilines is 1. The van der Waals surface area contributed by atoms with Crippen LogP contribution in [0.3, 0.4) is 0 Å². The summed E-state index contributed by atoms with van der Waals surface area (Å²) in [5, 5.41) is 4.50. The third-order valence-corrected chi connectivity index (χ3v) is 4.12. The molecule has 0 aliphatic heterocycles. The minimum atomic E-state index is -0.636. The molecule has 0 unspecified atom stereocenters. The largest absolute Gasteiger partial charge is 0.457 e. The third kappa shape index (κ3) is 5.23. The van der Waals surface area contributed by atoms with Gasteiger partial charge in [0.1, 0.15) is 5.82 Å². The van der Waals surface area contributed by atoms with E-state index in [0.717, 1.165) is 10.8 Å². The number of hydrogen-bond donors (Lipinski definition) is 1. The van der Waals surface area contributed by atoms with Crippen LogP contribution >= 0.6 is 0 Å². The number of ketones is 1. The first-order chi connectivity index (χ1) is 13.5. The Morgan fingerprint density at radius 3 is 2.32 bits per heavy atom. The number of ether oxygens (including phenoxy) is 1. The summed E-state index contributed by atoms with van der Waals surface area (Å²) in [4.78, 5) is 35.8. The zero-order valence-corrected chi connectivity index (χ0v) is 15.0. The van der Waals surface area contributed by atoms with Crippen LogP contribution in [0, 0.1) is 5.82 Å². The van der Waals surface area contributed by atoms with E-state index in [1.165, 1.54) is 24.3 Å². The molecule has 1 N–H and O–H groups in total. The van der Waals surface area contributed by atoms with E-state index in [4.69, 9.17) is 4.74 Å². The fourth-order valence-electron chi connectivity index (χ4n) is 2.64. The molecule has 0 aromatic heterocycles. The lowest BCUT2D eigenvalue weighted by Crippen LogP contribution is -2.17. The molecule has 3 aromatic rings. The second-order valence-electron chi connectivity index (χ2n) is 6.20. The molecule has 0 spiro atoms. The highest BCUT2D eigenvalue weighted by Gasteiger charge is 2.12. The van der Waals surface area contributed by atoms with Crippen LogP contribution in [0.5, 0.6) is 0 Å². The van der Waals surface area contributed by atoms with Crippen molar-refractivity contribution < 1.29 is 23.5 Å². The van der Waals surface area contributed by atoms with Crippen molar-refractivity contribution in [3.05, 3.63) is 78.1 Å². The Balaban J connectivity index is 1.44. The summed E-state index contributed by atoms with van der Waals surface area (Å²) in [5.41, 5.74) is 0.895. The third-order valence-electron chi connectivity index (χ3n) is 4.12. The monoisotopic (exact) mass is 379 g/mol. The molecule has 0 heterocycles. The van der Waals surface area contributed by atoms with E-state index in [1.54, 1.807) is 12.1 Å². The van der Waals surface area contributed by atoms with E-state index in [0.29, 0.717) is 11.3 Å². The number of esters is 1. The fourth-order valence-corrected chi connectivity index (χ4v) is 2.64. The van der Waals surface area contributed by atoms with Crippen LogP contribution < -0.4 is 5.32 Å². The molecule has 3 rings (SSSR count). The Hall–Kier alpha value is -3.54. The highest BCUT2D eigenvalue weighted by molar-refractivity contribution is 6.01. The normalized spacial score (nSPS) is 10.5. The first kappa shape index (κ1) is 19.2. The number of fused-ring (bicyclic) bond motifs is 1. The number of hydrogen-bond acceptors (Lipinski definition) is 4. The number of carbonyl (C=O) groups excluding carboxylic acids is 3. The maximum absolute atomic E-state index is 12.8. The minimum Gasteiger partial charge on any atom is -0.457 e. The molecule has 6 heteroatoms. The zero-order valence-electron chi connectivity index (χ0n) is 15.0. The Kier molecular flexibility index (Phi) is 6.11. The maximum Gasteiger partial charge on any atom is 0.306 e. The highest BCUT2D eigenvalue weighted by Crippen LogP contribution is 2.16. The highest BCUT2D eigenvalue weighted by atomic mass is 19.1. The van der Waals surface area contributed by atoms with Gasteiger partial charge in [-0.05, 0) is 41.1 Å². The number of carbonyl (C=O) groups is 3. The van der Waals surface area contributed by atoms with Gasteiger partial charge >= 0.3 is 5.97 Å². The number of benzene rings is 3. The molecule has 3 aromatic carbocycles. The van der Waals surface area contributed by atoms with Gasteiger partial charge in [-0.25, -0.2) is 4.39 Å². The van der Waals surface area contributed by atoms with Gasteiger partial charge in [-0.3, -0.25) is 14.4 Å².